The molecule has 0 atom stereocenters. The fourth-order valence-corrected chi connectivity index (χ4v) is 1.92. The van der Waals surface area contributed by atoms with Crippen LogP contribution < -0.4 is 0 Å². The molecule has 0 aromatic heterocycles. The van der Waals surface area contributed by atoms with Gasteiger partial charge >= 0.3 is 0 Å². The zero-order valence-corrected chi connectivity index (χ0v) is 9.79. The van der Waals surface area contributed by atoms with Gasteiger partial charge in [0.1, 0.15) is 5.82 Å². The number of halogens is 1. The molecule has 2 aromatic carbocycles. The molecule has 1 nitrogen and oxygen atoms in total. The van der Waals surface area contributed by atoms with Gasteiger partial charge < -0.3 is 0 Å². The van der Waals surface area contributed by atoms with Gasteiger partial charge in [-0.3, -0.25) is 0 Å². The van der Waals surface area contributed by atoms with Gasteiger partial charge in [0.15, 0.2) is 0 Å². The highest BCUT2D eigenvalue weighted by Gasteiger charge is 2.08. The molecule has 0 aliphatic heterocycles. The number of nitrogens with zero attached hydrogens (tertiary/aromatic N) is 1. The van der Waals surface area contributed by atoms with Crippen molar-refractivity contribution in [1.29, 1.82) is 5.26 Å². The predicted molar refractivity (Wildman–Crippen MR) is 66.0 cm³/mol. The van der Waals surface area contributed by atoms with E-state index in [4.69, 9.17) is 5.26 Å². The van der Waals surface area contributed by atoms with Gasteiger partial charge in [0, 0.05) is 5.56 Å². The average Bonchev–Trinajstić information content (AvgIpc) is 2.30. The van der Waals surface area contributed by atoms with E-state index in [-0.39, 0.29) is 5.82 Å². The van der Waals surface area contributed by atoms with Crippen LogP contribution in [0.4, 0.5) is 4.39 Å². The van der Waals surface area contributed by atoms with Crippen molar-refractivity contribution in [2.24, 2.45) is 0 Å². The molecule has 0 saturated carbocycles. The molecule has 2 heteroatoms. The topological polar surface area (TPSA) is 23.8 Å². The minimum Gasteiger partial charge on any atom is -0.206 e. The smallest absolute Gasteiger partial charge is 0.131 e. The second-order valence-corrected chi connectivity index (χ2v) is 4.12. The van der Waals surface area contributed by atoms with Crippen molar-refractivity contribution in [3.8, 4) is 17.2 Å². The van der Waals surface area contributed by atoms with Crippen molar-refractivity contribution in [2.75, 3.05) is 0 Å². The summed E-state index contributed by atoms with van der Waals surface area (Å²) in [5, 5.41) is 8.84. The highest BCUT2D eigenvalue weighted by molar-refractivity contribution is 5.69. The van der Waals surface area contributed by atoms with Gasteiger partial charge in [-0.25, -0.2) is 4.39 Å². The van der Waals surface area contributed by atoms with Crippen molar-refractivity contribution >= 4 is 0 Å². The van der Waals surface area contributed by atoms with E-state index in [9.17, 15) is 4.39 Å². The van der Waals surface area contributed by atoms with Crippen LogP contribution in [0.25, 0.3) is 11.1 Å². The van der Waals surface area contributed by atoms with E-state index in [0.29, 0.717) is 11.1 Å². The maximum absolute atomic E-state index is 13.8. The van der Waals surface area contributed by atoms with Crippen molar-refractivity contribution in [3.05, 3.63) is 58.9 Å². The Morgan fingerprint density at radius 1 is 1.00 bits per heavy atom. The molecular weight excluding hydrogens is 213 g/mol. The van der Waals surface area contributed by atoms with Crippen LogP contribution in [0.2, 0.25) is 0 Å². The minimum absolute atomic E-state index is 0.295. The quantitative estimate of drug-likeness (QED) is 0.720. The van der Waals surface area contributed by atoms with Gasteiger partial charge in [-0.2, -0.15) is 5.26 Å². The van der Waals surface area contributed by atoms with Crippen LogP contribution in [-0.2, 0) is 0 Å². The summed E-state index contributed by atoms with van der Waals surface area (Å²) in [5.41, 5.74) is 3.95. The van der Waals surface area contributed by atoms with E-state index >= 15 is 0 Å². The van der Waals surface area contributed by atoms with E-state index in [0.717, 1.165) is 16.7 Å². The Balaban J connectivity index is 2.64. The fourth-order valence-electron chi connectivity index (χ4n) is 1.92. The molecule has 0 unspecified atom stereocenters. The summed E-state index contributed by atoms with van der Waals surface area (Å²) < 4.78 is 13.8. The van der Waals surface area contributed by atoms with Gasteiger partial charge in [-0.05, 0) is 43.2 Å². The molecule has 2 rings (SSSR count). The molecule has 0 saturated heterocycles. The van der Waals surface area contributed by atoms with Gasteiger partial charge in [-0.15, -0.1) is 0 Å². The van der Waals surface area contributed by atoms with Gasteiger partial charge in [0.2, 0.25) is 0 Å². The second kappa shape index (κ2) is 4.39. The molecule has 0 spiro atoms. The van der Waals surface area contributed by atoms with E-state index in [2.05, 4.69) is 0 Å². The lowest BCUT2D eigenvalue weighted by Crippen LogP contribution is -1.90. The van der Waals surface area contributed by atoms with Crippen molar-refractivity contribution in [3.63, 3.8) is 0 Å². The molecule has 0 fully saturated rings. The van der Waals surface area contributed by atoms with Crippen molar-refractivity contribution in [2.45, 2.75) is 13.8 Å². The third-order valence-electron chi connectivity index (χ3n) is 2.77. The van der Waals surface area contributed by atoms with E-state index in [1.165, 1.54) is 12.1 Å². The molecule has 0 N–H and O–H groups in total. The minimum atomic E-state index is -0.295. The van der Waals surface area contributed by atoms with Crippen LogP contribution in [0.3, 0.4) is 0 Å². The first kappa shape index (κ1) is 11.3. The molecule has 0 aliphatic rings. The summed E-state index contributed by atoms with van der Waals surface area (Å²) in [5.74, 6) is -0.295. The predicted octanol–water partition coefficient (Wildman–Crippen LogP) is 3.98. The monoisotopic (exact) mass is 225 g/mol. The molecule has 0 aliphatic carbocycles. The van der Waals surface area contributed by atoms with E-state index in [1.54, 1.807) is 6.07 Å². The highest BCUT2D eigenvalue weighted by Crippen LogP contribution is 2.27. The first-order valence-corrected chi connectivity index (χ1v) is 5.39. The Kier molecular flexibility index (Phi) is 2.93. The first-order valence-electron chi connectivity index (χ1n) is 5.39. The third kappa shape index (κ3) is 2.19. The Bertz CT molecular complexity index is 609. The average molecular weight is 225 g/mol. The maximum Gasteiger partial charge on any atom is 0.131 e. The Hall–Kier alpha value is -2.14. The van der Waals surface area contributed by atoms with E-state index < -0.39 is 0 Å². The number of nitriles is 1. The number of rotatable bonds is 1. The van der Waals surface area contributed by atoms with Crippen molar-refractivity contribution in [1.82, 2.24) is 0 Å². The lowest BCUT2D eigenvalue weighted by Gasteiger charge is -2.08. The highest BCUT2D eigenvalue weighted by atomic mass is 19.1. The Morgan fingerprint density at radius 3 is 2.41 bits per heavy atom. The SMILES string of the molecule is Cc1ccc(-c2cc(C#N)ccc2F)c(C)c1. The largest absolute Gasteiger partial charge is 0.206 e. The molecule has 0 bridgehead atoms. The number of aryl methyl sites for hydroxylation is 2. The summed E-state index contributed by atoms with van der Waals surface area (Å²) in [4.78, 5) is 0. The zero-order valence-electron chi connectivity index (χ0n) is 9.79. The molecule has 0 radical (unpaired) electrons. The molecule has 17 heavy (non-hydrogen) atoms. The van der Waals surface area contributed by atoms with Crippen LogP contribution in [0.5, 0.6) is 0 Å². The molecule has 84 valence electrons. The van der Waals surface area contributed by atoms with Crippen LogP contribution in [0.15, 0.2) is 36.4 Å². The van der Waals surface area contributed by atoms with Crippen LogP contribution in [0, 0.1) is 31.0 Å². The molecular formula is C15H12FN. The normalized spacial score (nSPS) is 10.0. The summed E-state index contributed by atoms with van der Waals surface area (Å²) >= 11 is 0. The third-order valence-corrected chi connectivity index (χ3v) is 2.77. The summed E-state index contributed by atoms with van der Waals surface area (Å²) in [6.07, 6.45) is 0. The Morgan fingerprint density at radius 2 is 1.76 bits per heavy atom. The van der Waals surface area contributed by atoms with Gasteiger partial charge in [0.25, 0.3) is 0 Å². The lowest BCUT2D eigenvalue weighted by atomic mass is 9.97. The first-order chi connectivity index (χ1) is 8.11. The Labute approximate surface area is 100 Å². The molecule has 2 aromatic rings. The number of benzene rings is 2. The van der Waals surface area contributed by atoms with Crippen molar-refractivity contribution < 1.29 is 4.39 Å². The standard InChI is InChI=1S/C15H12FN/c1-10-3-5-13(11(2)7-10)14-8-12(9-17)4-6-15(14)16/h3-8H,1-2H3. The van der Waals surface area contributed by atoms with Gasteiger partial charge in [-0.1, -0.05) is 23.8 Å². The van der Waals surface area contributed by atoms with Crippen LogP contribution in [-0.4, -0.2) is 0 Å². The lowest BCUT2D eigenvalue weighted by molar-refractivity contribution is 0.631. The van der Waals surface area contributed by atoms with Gasteiger partial charge in [0.05, 0.1) is 11.6 Å². The molecule has 0 heterocycles. The zero-order chi connectivity index (χ0) is 12.4. The van der Waals surface area contributed by atoms with E-state index in [1.807, 2.05) is 38.1 Å². The van der Waals surface area contributed by atoms with Crippen LogP contribution >= 0.6 is 0 Å². The summed E-state index contributed by atoms with van der Waals surface area (Å²) in [7, 11) is 0. The number of hydrogen-bond donors (Lipinski definition) is 0. The second-order valence-electron chi connectivity index (χ2n) is 4.12. The number of hydrogen-bond acceptors (Lipinski definition) is 1. The maximum atomic E-state index is 13.8. The summed E-state index contributed by atoms with van der Waals surface area (Å²) in [6, 6.07) is 12.3. The van der Waals surface area contributed by atoms with Crippen LogP contribution in [0.1, 0.15) is 16.7 Å². The summed E-state index contributed by atoms with van der Waals surface area (Å²) in [6.45, 7) is 3.94. The molecule has 0 amide bonds. The fraction of sp³-hybridized carbons (Fsp3) is 0.133.